The molecule has 0 unspecified atom stereocenters. The van der Waals surface area contributed by atoms with Gasteiger partial charge in [0.1, 0.15) is 0 Å². The first-order valence-electron chi connectivity index (χ1n) is 12.3. The van der Waals surface area contributed by atoms with Crippen molar-refractivity contribution in [3.63, 3.8) is 0 Å². The van der Waals surface area contributed by atoms with Gasteiger partial charge >= 0.3 is 12.4 Å². The molecule has 0 radical (unpaired) electrons. The number of hydrogen-bond acceptors (Lipinski definition) is 7. The third kappa shape index (κ3) is 5.66. The van der Waals surface area contributed by atoms with Crippen LogP contribution in [-0.2, 0) is 43.9 Å². The molecule has 1 aromatic heterocycles. The molecule has 0 saturated heterocycles. The third-order valence-electron chi connectivity index (χ3n) is 6.97. The van der Waals surface area contributed by atoms with Gasteiger partial charge < -0.3 is 19.6 Å². The van der Waals surface area contributed by atoms with Crippen molar-refractivity contribution in [3.05, 3.63) is 63.7 Å². The summed E-state index contributed by atoms with van der Waals surface area (Å²) >= 11 is 0. The molecule has 0 spiro atoms. The molecule has 8 nitrogen and oxygen atoms in total. The van der Waals surface area contributed by atoms with Crippen LogP contribution in [0.2, 0.25) is 0 Å². The average Bonchev–Trinajstić information content (AvgIpc) is 3.47. The number of hydrogen-bond donors (Lipinski definition) is 1. The van der Waals surface area contributed by atoms with Gasteiger partial charge in [0, 0.05) is 25.3 Å². The number of aromatic nitrogens is 4. The monoisotopic (exact) mass is 556 g/mol. The highest BCUT2D eigenvalue weighted by molar-refractivity contribution is 5.62. The van der Waals surface area contributed by atoms with Gasteiger partial charge in [-0.1, -0.05) is 5.10 Å². The van der Waals surface area contributed by atoms with Crippen molar-refractivity contribution in [2.75, 3.05) is 29.5 Å². The number of halogens is 6. The summed E-state index contributed by atoms with van der Waals surface area (Å²) in [6.07, 6.45) is -8.77. The molecule has 3 aromatic rings. The van der Waals surface area contributed by atoms with Crippen LogP contribution in [0.25, 0.3) is 0 Å². The molecular weight excluding hydrogens is 530 g/mol. The van der Waals surface area contributed by atoms with Gasteiger partial charge in [-0.15, -0.1) is 5.10 Å². The summed E-state index contributed by atoms with van der Waals surface area (Å²) in [4.78, 5) is 4.82. The second kappa shape index (κ2) is 10.3. The number of alkyl halides is 6. The molecule has 0 bridgehead atoms. The minimum atomic E-state index is -4.97. The molecule has 39 heavy (non-hydrogen) atoms. The van der Waals surface area contributed by atoms with Gasteiger partial charge in [-0.05, 0) is 70.6 Å². The maximum Gasteiger partial charge on any atom is 0.416 e. The quantitative estimate of drug-likeness (QED) is 0.444. The van der Waals surface area contributed by atoms with Gasteiger partial charge in [0.2, 0.25) is 0 Å². The van der Waals surface area contributed by atoms with Crippen LogP contribution in [0, 0.1) is 0 Å². The van der Waals surface area contributed by atoms with Crippen LogP contribution >= 0.6 is 0 Å². The Kier molecular flexibility index (Phi) is 7.18. The first-order valence-corrected chi connectivity index (χ1v) is 12.3. The van der Waals surface area contributed by atoms with E-state index in [0.717, 1.165) is 34.5 Å². The van der Waals surface area contributed by atoms with Crippen LogP contribution in [0.3, 0.4) is 0 Å². The number of aryl methyl sites for hydroxylation is 1. The smallest absolute Gasteiger partial charge is 0.395 e. The van der Waals surface area contributed by atoms with Crippen LogP contribution in [0.15, 0.2) is 30.3 Å². The lowest BCUT2D eigenvalue weighted by Crippen LogP contribution is -2.31. The van der Waals surface area contributed by atoms with Crippen LogP contribution in [-0.4, -0.2) is 45.0 Å². The molecule has 1 atom stereocenters. The third-order valence-corrected chi connectivity index (χ3v) is 6.97. The minimum absolute atomic E-state index is 0.0757. The van der Waals surface area contributed by atoms with Gasteiger partial charge in [-0.25, -0.2) is 0 Å². The topological polar surface area (TPSA) is 79.5 Å². The Morgan fingerprint density at radius 1 is 1.00 bits per heavy atom. The molecule has 210 valence electrons. The normalized spacial score (nSPS) is 17.6. The Morgan fingerprint density at radius 3 is 2.26 bits per heavy atom. The van der Waals surface area contributed by atoms with Crippen LogP contribution in [0.1, 0.15) is 52.3 Å². The number of fused-ring (bicyclic) bond motifs is 2. The van der Waals surface area contributed by atoms with Crippen molar-refractivity contribution >= 4 is 11.6 Å². The summed E-state index contributed by atoms with van der Waals surface area (Å²) in [5, 5.41) is 21.9. The largest absolute Gasteiger partial charge is 0.416 e. The Balaban J connectivity index is 1.63. The van der Waals surface area contributed by atoms with Crippen molar-refractivity contribution in [3.8, 4) is 0 Å². The Bertz CT molecular complexity index is 1310. The summed E-state index contributed by atoms with van der Waals surface area (Å²) in [6, 6.07) is 5.03. The van der Waals surface area contributed by atoms with Crippen molar-refractivity contribution in [2.45, 2.75) is 51.0 Å². The highest BCUT2D eigenvalue weighted by atomic mass is 19.4. The Labute approximate surface area is 219 Å². The Hall–Kier alpha value is -3.39. The maximum atomic E-state index is 13.6. The zero-order valence-electron chi connectivity index (χ0n) is 20.9. The van der Waals surface area contributed by atoms with E-state index in [1.165, 1.54) is 11.8 Å². The van der Waals surface area contributed by atoms with Crippen LogP contribution in [0.4, 0.5) is 38.0 Å². The van der Waals surface area contributed by atoms with Crippen molar-refractivity contribution in [1.29, 1.82) is 0 Å². The number of aliphatic hydroxyl groups is 1. The van der Waals surface area contributed by atoms with E-state index in [9.17, 15) is 31.4 Å². The van der Waals surface area contributed by atoms with E-state index in [1.54, 1.807) is 4.90 Å². The average molecular weight is 557 g/mol. The lowest BCUT2D eigenvalue weighted by molar-refractivity contribution is -0.143. The molecule has 0 aliphatic carbocycles. The summed E-state index contributed by atoms with van der Waals surface area (Å²) in [7, 11) is 1.52. The predicted octanol–water partition coefficient (Wildman–Crippen LogP) is 4.62. The molecule has 0 amide bonds. The van der Waals surface area contributed by atoms with Crippen molar-refractivity contribution < 1.29 is 36.2 Å². The van der Waals surface area contributed by atoms with E-state index < -0.39 is 29.5 Å². The number of benzene rings is 2. The number of aliphatic hydroxyl groups excluding tert-OH is 1. The zero-order valence-corrected chi connectivity index (χ0v) is 20.9. The van der Waals surface area contributed by atoms with E-state index in [2.05, 4.69) is 15.4 Å². The summed E-state index contributed by atoms with van der Waals surface area (Å²) in [5.74, 6) is 0.0757. The lowest BCUT2D eigenvalue weighted by Gasteiger charge is -2.33. The molecule has 2 aliphatic rings. The molecule has 0 saturated carbocycles. The SMILES string of the molecule is Cn1nnc(N(Cc2cc(C(F)(F)F)cc(C(F)(F)F)c2)[C@H]2CCCN(CCO)c3cc4c(cc32)COC4)n1. The van der Waals surface area contributed by atoms with Crippen LogP contribution in [0.5, 0.6) is 0 Å². The molecule has 5 rings (SSSR count). The molecule has 3 heterocycles. The number of β-amino-alcohol motifs (C(OH)–C–C–N with tert-alkyl or cyclic N) is 1. The number of anilines is 2. The standard InChI is InChI=1S/C25H26F6N6O2/c1-35-33-23(32-34-35)37(12-15-7-18(24(26,27)28)11-19(8-15)25(29,30)31)21-3-2-4-36(5-6-38)22-10-17-14-39-13-16(17)9-20(21)22/h7-11,21,38H,2-6,12-14H2,1H3/t21-/m0/s1. The van der Waals surface area contributed by atoms with Crippen molar-refractivity contribution in [2.24, 2.45) is 7.05 Å². The van der Waals surface area contributed by atoms with E-state index in [0.29, 0.717) is 39.1 Å². The first kappa shape index (κ1) is 27.2. The summed E-state index contributed by atoms with van der Waals surface area (Å²) in [6.45, 7) is 1.38. The maximum absolute atomic E-state index is 13.6. The van der Waals surface area contributed by atoms with Crippen molar-refractivity contribution in [1.82, 2.24) is 20.2 Å². The second-order valence-electron chi connectivity index (χ2n) is 9.66. The van der Waals surface area contributed by atoms with Crippen LogP contribution < -0.4 is 9.80 Å². The number of ether oxygens (including phenoxy) is 1. The van der Waals surface area contributed by atoms with Gasteiger partial charge in [0.05, 0.1) is 44.0 Å². The van der Waals surface area contributed by atoms with E-state index in [4.69, 9.17) is 4.74 Å². The van der Waals surface area contributed by atoms with E-state index in [-0.39, 0.29) is 30.7 Å². The molecule has 2 aliphatic heterocycles. The molecule has 14 heteroatoms. The lowest BCUT2D eigenvalue weighted by atomic mass is 9.95. The molecule has 2 aromatic carbocycles. The zero-order chi connectivity index (χ0) is 27.9. The van der Waals surface area contributed by atoms with Gasteiger partial charge in [0.25, 0.3) is 5.95 Å². The van der Waals surface area contributed by atoms with Gasteiger partial charge in [0.15, 0.2) is 0 Å². The summed E-state index contributed by atoms with van der Waals surface area (Å²) < 4.78 is 87.1. The molecular formula is C25H26F6N6O2. The van der Waals surface area contributed by atoms with E-state index in [1.807, 2.05) is 17.0 Å². The van der Waals surface area contributed by atoms with E-state index >= 15 is 0 Å². The minimum Gasteiger partial charge on any atom is -0.395 e. The van der Waals surface area contributed by atoms with Gasteiger partial charge in [-0.3, -0.25) is 0 Å². The first-order chi connectivity index (χ1) is 18.4. The predicted molar refractivity (Wildman–Crippen MR) is 128 cm³/mol. The Morgan fingerprint density at radius 2 is 1.67 bits per heavy atom. The molecule has 0 fully saturated rings. The van der Waals surface area contributed by atoms with Gasteiger partial charge in [-0.2, -0.15) is 31.1 Å². The highest BCUT2D eigenvalue weighted by Gasteiger charge is 2.38. The second-order valence-corrected chi connectivity index (χ2v) is 9.66. The fourth-order valence-electron chi connectivity index (χ4n) is 5.22. The number of tetrazole rings is 1. The highest BCUT2D eigenvalue weighted by Crippen LogP contribution is 2.42. The number of nitrogens with zero attached hydrogens (tertiary/aromatic N) is 6. The fourth-order valence-corrected chi connectivity index (χ4v) is 5.22. The molecule has 1 N–H and O–H groups in total. The summed E-state index contributed by atoms with van der Waals surface area (Å²) in [5.41, 5.74) is 0.622. The number of rotatable bonds is 6. The fraction of sp³-hybridized carbons (Fsp3) is 0.480.